The van der Waals surface area contributed by atoms with E-state index < -0.39 is 0 Å². The summed E-state index contributed by atoms with van der Waals surface area (Å²) in [6.07, 6.45) is 2.99. The Morgan fingerprint density at radius 2 is 2.19 bits per heavy atom. The molecule has 0 aromatic heterocycles. The summed E-state index contributed by atoms with van der Waals surface area (Å²) in [5, 5.41) is 0. The minimum atomic E-state index is -0.0384. The largest absolute Gasteiger partial charge is 0.326 e. The van der Waals surface area contributed by atoms with Gasteiger partial charge in [0.25, 0.3) is 0 Å². The fourth-order valence-corrected chi connectivity index (χ4v) is 3.07. The smallest absolute Gasteiger partial charge is 0.126 e. The van der Waals surface area contributed by atoms with Crippen LogP contribution in [0.25, 0.3) is 0 Å². The first-order valence-electron chi connectivity index (χ1n) is 6.02. The van der Waals surface area contributed by atoms with Gasteiger partial charge in [-0.3, -0.25) is 4.90 Å². The molecule has 3 heteroatoms. The van der Waals surface area contributed by atoms with Crippen LogP contribution in [0.2, 0.25) is 0 Å². The van der Waals surface area contributed by atoms with E-state index in [9.17, 15) is 4.39 Å². The van der Waals surface area contributed by atoms with Crippen molar-refractivity contribution < 1.29 is 4.39 Å². The van der Waals surface area contributed by atoms with Gasteiger partial charge < -0.3 is 5.73 Å². The summed E-state index contributed by atoms with van der Waals surface area (Å²) < 4.78 is 13.6. The normalized spacial score (nSPS) is 29.6. The van der Waals surface area contributed by atoms with E-state index in [-0.39, 0.29) is 5.82 Å². The van der Waals surface area contributed by atoms with Crippen molar-refractivity contribution in [2.24, 2.45) is 5.73 Å². The maximum atomic E-state index is 13.6. The van der Waals surface area contributed by atoms with Crippen LogP contribution in [0.3, 0.4) is 0 Å². The molecule has 1 aromatic rings. The zero-order valence-electron chi connectivity index (χ0n) is 9.32. The highest BCUT2D eigenvalue weighted by molar-refractivity contribution is 5.35. The van der Waals surface area contributed by atoms with Crippen LogP contribution in [0.15, 0.2) is 18.2 Å². The van der Waals surface area contributed by atoms with E-state index in [4.69, 9.17) is 5.73 Å². The van der Waals surface area contributed by atoms with E-state index in [1.807, 2.05) is 6.07 Å². The summed E-state index contributed by atoms with van der Waals surface area (Å²) >= 11 is 0. The lowest BCUT2D eigenvalue weighted by Gasteiger charge is -2.24. The van der Waals surface area contributed by atoms with Gasteiger partial charge in [0.05, 0.1) is 0 Å². The zero-order valence-corrected chi connectivity index (χ0v) is 9.32. The number of likely N-dealkylation sites (tertiary alicyclic amines) is 1. The first-order chi connectivity index (χ1) is 7.75. The summed E-state index contributed by atoms with van der Waals surface area (Å²) in [5.74, 6) is -0.0384. The van der Waals surface area contributed by atoms with Crippen molar-refractivity contribution in [1.82, 2.24) is 4.90 Å². The Labute approximate surface area is 95.2 Å². The van der Waals surface area contributed by atoms with Crippen LogP contribution in [-0.4, -0.2) is 24.0 Å². The summed E-state index contributed by atoms with van der Waals surface area (Å²) in [7, 11) is 0. The molecule has 86 valence electrons. The number of nitrogens with zero attached hydrogens (tertiary/aromatic N) is 1. The summed E-state index contributed by atoms with van der Waals surface area (Å²) in [5.41, 5.74) is 8.04. The molecule has 2 aliphatic rings. The van der Waals surface area contributed by atoms with Gasteiger partial charge in [-0.25, -0.2) is 4.39 Å². The van der Waals surface area contributed by atoms with E-state index in [1.165, 1.54) is 5.56 Å². The molecule has 1 aliphatic heterocycles. The molecule has 0 saturated carbocycles. The fraction of sp³-hybridized carbons (Fsp3) is 0.538. The molecule has 0 radical (unpaired) electrons. The molecular formula is C13H17FN2. The highest BCUT2D eigenvalue weighted by Gasteiger charge is 2.32. The average Bonchev–Trinajstić information content (AvgIpc) is 2.84. The van der Waals surface area contributed by atoms with Crippen molar-refractivity contribution in [1.29, 1.82) is 0 Å². The minimum absolute atomic E-state index is 0.0384. The Morgan fingerprint density at radius 3 is 2.94 bits per heavy atom. The third-order valence-electron chi connectivity index (χ3n) is 3.88. The molecule has 1 aromatic carbocycles. The molecule has 2 atom stereocenters. The Balaban J connectivity index is 1.89. The standard InChI is InChI=1S/C13H17FN2/c14-12-3-1-2-11-10(12)4-5-13(11)16-7-6-9(15)8-16/h1-3,9,13H,4-8,15H2. The Bertz CT molecular complexity index is 405. The number of fused-ring (bicyclic) bond motifs is 1. The van der Waals surface area contributed by atoms with Crippen molar-refractivity contribution in [3.8, 4) is 0 Å². The van der Waals surface area contributed by atoms with E-state index >= 15 is 0 Å². The van der Waals surface area contributed by atoms with Gasteiger partial charge in [0.2, 0.25) is 0 Å². The average molecular weight is 220 g/mol. The highest BCUT2D eigenvalue weighted by Crippen LogP contribution is 2.38. The molecular weight excluding hydrogens is 203 g/mol. The SMILES string of the molecule is NC1CCN(C2CCc3c(F)cccc32)C1. The molecule has 1 fully saturated rings. The summed E-state index contributed by atoms with van der Waals surface area (Å²) in [6, 6.07) is 6.16. The van der Waals surface area contributed by atoms with Crippen LogP contribution in [0.5, 0.6) is 0 Å². The quantitative estimate of drug-likeness (QED) is 0.782. The second kappa shape index (κ2) is 3.82. The predicted octanol–water partition coefficient (Wildman–Crippen LogP) is 1.85. The summed E-state index contributed by atoms with van der Waals surface area (Å²) in [4.78, 5) is 2.41. The predicted molar refractivity (Wildman–Crippen MR) is 61.6 cm³/mol. The monoisotopic (exact) mass is 220 g/mol. The lowest BCUT2D eigenvalue weighted by atomic mass is 10.1. The third kappa shape index (κ3) is 1.55. The second-order valence-corrected chi connectivity index (χ2v) is 4.91. The molecule has 0 spiro atoms. The Hall–Kier alpha value is -0.930. The van der Waals surface area contributed by atoms with Gasteiger partial charge in [-0.2, -0.15) is 0 Å². The van der Waals surface area contributed by atoms with Gasteiger partial charge in [0, 0.05) is 25.2 Å². The molecule has 2 N–H and O–H groups in total. The molecule has 16 heavy (non-hydrogen) atoms. The minimum Gasteiger partial charge on any atom is -0.326 e. The van der Waals surface area contributed by atoms with Crippen molar-refractivity contribution in [3.05, 3.63) is 35.1 Å². The second-order valence-electron chi connectivity index (χ2n) is 4.91. The first kappa shape index (κ1) is 10.2. The molecule has 0 amide bonds. The van der Waals surface area contributed by atoms with E-state index in [2.05, 4.69) is 11.0 Å². The summed E-state index contributed by atoms with van der Waals surface area (Å²) in [6.45, 7) is 2.02. The maximum Gasteiger partial charge on any atom is 0.126 e. The van der Waals surface area contributed by atoms with E-state index in [0.29, 0.717) is 12.1 Å². The number of halogens is 1. The van der Waals surface area contributed by atoms with Crippen LogP contribution < -0.4 is 5.73 Å². The van der Waals surface area contributed by atoms with Crippen LogP contribution in [0.1, 0.15) is 30.0 Å². The van der Waals surface area contributed by atoms with Crippen molar-refractivity contribution in [2.45, 2.75) is 31.3 Å². The number of hydrogen-bond donors (Lipinski definition) is 1. The lowest BCUT2D eigenvalue weighted by molar-refractivity contribution is 0.242. The van der Waals surface area contributed by atoms with Crippen molar-refractivity contribution in [2.75, 3.05) is 13.1 Å². The van der Waals surface area contributed by atoms with Crippen LogP contribution in [0.4, 0.5) is 4.39 Å². The number of nitrogens with two attached hydrogens (primary N) is 1. The van der Waals surface area contributed by atoms with E-state index in [0.717, 1.165) is 37.9 Å². The fourth-order valence-electron chi connectivity index (χ4n) is 3.07. The van der Waals surface area contributed by atoms with Crippen molar-refractivity contribution in [3.63, 3.8) is 0 Å². The molecule has 3 rings (SSSR count). The van der Waals surface area contributed by atoms with Gasteiger partial charge in [-0.1, -0.05) is 12.1 Å². The zero-order chi connectivity index (χ0) is 11.1. The third-order valence-corrected chi connectivity index (χ3v) is 3.88. The molecule has 1 aliphatic carbocycles. The maximum absolute atomic E-state index is 13.6. The first-order valence-corrected chi connectivity index (χ1v) is 6.02. The molecule has 2 unspecified atom stereocenters. The highest BCUT2D eigenvalue weighted by atomic mass is 19.1. The molecule has 1 saturated heterocycles. The topological polar surface area (TPSA) is 29.3 Å². The number of hydrogen-bond acceptors (Lipinski definition) is 2. The molecule has 0 bridgehead atoms. The van der Waals surface area contributed by atoms with Gasteiger partial charge >= 0.3 is 0 Å². The molecule has 2 nitrogen and oxygen atoms in total. The Kier molecular flexibility index (Phi) is 2.45. The number of rotatable bonds is 1. The van der Waals surface area contributed by atoms with Crippen LogP contribution in [-0.2, 0) is 6.42 Å². The lowest BCUT2D eigenvalue weighted by Crippen LogP contribution is -2.29. The van der Waals surface area contributed by atoms with Crippen molar-refractivity contribution >= 4 is 0 Å². The van der Waals surface area contributed by atoms with Gasteiger partial charge in [-0.15, -0.1) is 0 Å². The molecule has 1 heterocycles. The van der Waals surface area contributed by atoms with Gasteiger partial charge in [0.15, 0.2) is 0 Å². The van der Waals surface area contributed by atoms with E-state index in [1.54, 1.807) is 6.07 Å². The van der Waals surface area contributed by atoms with Crippen LogP contribution >= 0.6 is 0 Å². The number of benzene rings is 1. The van der Waals surface area contributed by atoms with Crippen LogP contribution in [0, 0.1) is 5.82 Å². The van der Waals surface area contributed by atoms with Gasteiger partial charge in [0.1, 0.15) is 5.82 Å². The Morgan fingerprint density at radius 1 is 1.31 bits per heavy atom. The van der Waals surface area contributed by atoms with Gasteiger partial charge in [-0.05, 0) is 36.5 Å².